The van der Waals surface area contributed by atoms with Gasteiger partial charge in [0.1, 0.15) is 5.75 Å². The first-order valence-electron chi connectivity index (χ1n) is 4.76. The number of rotatable bonds is 3. The lowest BCUT2D eigenvalue weighted by atomic mass is 10.1. The van der Waals surface area contributed by atoms with E-state index in [4.69, 9.17) is 10.00 Å². The summed E-state index contributed by atoms with van der Waals surface area (Å²) >= 11 is 1.58. The summed E-state index contributed by atoms with van der Waals surface area (Å²) in [6.07, 6.45) is 0. The summed E-state index contributed by atoms with van der Waals surface area (Å²) in [4.78, 5) is 1.17. The Balaban J connectivity index is 3.17. The third-order valence-corrected chi connectivity index (χ3v) is 3.48. The van der Waals surface area contributed by atoms with Gasteiger partial charge in [-0.15, -0.1) is 11.8 Å². The van der Waals surface area contributed by atoms with Gasteiger partial charge in [-0.2, -0.15) is 5.26 Å². The summed E-state index contributed by atoms with van der Waals surface area (Å²) in [5.41, 5.74) is 3.50. The minimum absolute atomic E-state index is 0.492. The van der Waals surface area contributed by atoms with Gasteiger partial charge in [0, 0.05) is 4.90 Å². The van der Waals surface area contributed by atoms with Crippen LogP contribution in [0.1, 0.15) is 16.7 Å². The lowest BCUT2D eigenvalue weighted by molar-refractivity contribution is 0.407. The highest BCUT2D eigenvalue weighted by atomic mass is 32.2. The van der Waals surface area contributed by atoms with Crippen molar-refractivity contribution in [3.8, 4) is 11.8 Å². The molecule has 1 rings (SSSR count). The molecule has 1 aromatic carbocycles. The number of ether oxygens (including phenoxy) is 1. The third kappa shape index (κ3) is 2.45. The van der Waals surface area contributed by atoms with Crippen molar-refractivity contribution in [1.29, 1.82) is 5.26 Å². The van der Waals surface area contributed by atoms with Crippen LogP contribution in [0, 0.1) is 32.1 Å². The van der Waals surface area contributed by atoms with Gasteiger partial charge in [-0.25, -0.2) is 0 Å². The van der Waals surface area contributed by atoms with Crippen LogP contribution in [0.2, 0.25) is 0 Å². The summed E-state index contributed by atoms with van der Waals surface area (Å²) in [7, 11) is 1.69. The Bertz CT molecular complexity index is 407. The number of thioether (sulfide) groups is 1. The van der Waals surface area contributed by atoms with Gasteiger partial charge in [0.05, 0.1) is 18.9 Å². The molecule has 15 heavy (non-hydrogen) atoms. The minimum Gasteiger partial charge on any atom is -0.496 e. The predicted octanol–water partition coefficient (Wildman–Crippen LogP) is 3.24. The number of methoxy groups -OCH3 is 1. The molecule has 0 atom stereocenters. The zero-order valence-electron chi connectivity index (χ0n) is 9.55. The zero-order valence-corrected chi connectivity index (χ0v) is 10.4. The number of hydrogen-bond donors (Lipinski definition) is 0. The van der Waals surface area contributed by atoms with Crippen LogP contribution in [0.25, 0.3) is 0 Å². The van der Waals surface area contributed by atoms with Gasteiger partial charge in [0.25, 0.3) is 0 Å². The minimum atomic E-state index is 0.492. The van der Waals surface area contributed by atoms with Gasteiger partial charge < -0.3 is 4.74 Å². The smallest absolute Gasteiger partial charge is 0.125 e. The van der Waals surface area contributed by atoms with Gasteiger partial charge in [0.2, 0.25) is 0 Å². The van der Waals surface area contributed by atoms with Gasteiger partial charge in [0.15, 0.2) is 0 Å². The highest BCUT2D eigenvalue weighted by molar-refractivity contribution is 7.99. The van der Waals surface area contributed by atoms with Crippen LogP contribution in [-0.4, -0.2) is 12.9 Å². The Morgan fingerprint density at radius 1 is 1.33 bits per heavy atom. The molecular weight excluding hydrogens is 206 g/mol. The van der Waals surface area contributed by atoms with Crippen molar-refractivity contribution in [3.63, 3.8) is 0 Å². The van der Waals surface area contributed by atoms with Gasteiger partial charge in [-0.3, -0.25) is 0 Å². The van der Waals surface area contributed by atoms with Crippen molar-refractivity contribution in [2.45, 2.75) is 25.7 Å². The molecule has 0 amide bonds. The lowest BCUT2D eigenvalue weighted by Gasteiger charge is -2.14. The molecule has 0 saturated heterocycles. The average molecular weight is 221 g/mol. The number of nitriles is 1. The summed E-state index contributed by atoms with van der Waals surface area (Å²) in [5, 5.41) is 8.56. The molecule has 80 valence electrons. The van der Waals surface area contributed by atoms with Crippen LogP contribution < -0.4 is 4.74 Å². The van der Waals surface area contributed by atoms with E-state index in [1.807, 2.05) is 6.92 Å². The monoisotopic (exact) mass is 221 g/mol. The Morgan fingerprint density at radius 2 is 2.00 bits per heavy atom. The van der Waals surface area contributed by atoms with Crippen LogP contribution in [0.15, 0.2) is 11.0 Å². The van der Waals surface area contributed by atoms with Gasteiger partial charge in [-0.1, -0.05) is 0 Å². The molecule has 0 aromatic heterocycles. The maximum Gasteiger partial charge on any atom is 0.125 e. The van der Waals surface area contributed by atoms with E-state index >= 15 is 0 Å². The first kappa shape index (κ1) is 11.9. The molecule has 2 nitrogen and oxygen atoms in total. The molecule has 1 aromatic rings. The largest absolute Gasteiger partial charge is 0.496 e. The second kappa shape index (κ2) is 5.09. The number of aryl methyl sites for hydroxylation is 1. The number of hydrogen-bond acceptors (Lipinski definition) is 3. The van der Waals surface area contributed by atoms with Crippen molar-refractivity contribution in [1.82, 2.24) is 0 Å². The van der Waals surface area contributed by atoms with Crippen molar-refractivity contribution >= 4 is 11.8 Å². The van der Waals surface area contributed by atoms with E-state index in [9.17, 15) is 0 Å². The quantitative estimate of drug-likeness (QED) is 0.735. The Morgan fingerprint density at radius 3 is 2.53 bits per heavy atom. The maximum absolute atomic E-state index is 8.56. The topological polar surface area (TPSA) is 33.0 Å². The molecule has 0 heterocycles. The molecule has 0 aliphatic rings. The van der Waals surface area contributed by atoms with Crippen LogP contribution in [0.4, 0.5) is 0 Å². The molecular formula is C12H15NOS. The van der Waals surface area contributed by atoms with E-state index in [1.165, 1.54) is 10.5 Å². The predicted molar refractivity (Wildman–Crippen MR) is 63.5 cm³/mol. The third-order valence-electron chi connectivity index (χ3n) is 2.47. The number of nitrogens with zero attached hydrogens (tertiary/aromatic N) is 1. The molecule has 0 bridgehead atoms. The van der Waals surface area contributed by atoms with E-state index in [2.05, 4.69) is 26.0 Å². The fraction of sp³-hybridized carbons (Fsp3) is 0.417. The Labute approximate surface area is 95.3 Å². The molecule has 0 N–H and O–H groups in total. The fourth-order valence-corrected chi connectivity index (χ4v) is 2.45. The standard InChI is InChI=1S/C12H15NOS/c1-8-7-11(15-6-5-13)9(2)10(3)12(8)14-4/h7H,6H2,1-4H3. The molecule has 0 radical (unpaired) electrons. The normalized spacial score (nSPS) is 9.80. The zero-order chi connectivity index (χ0) is 11.4. The van der Waals surface area contributed by atoms with E-state index < -0.39 is 0 Å². The SMILES string of the molecule is COc1c(C)cc(SCC#N)c(C)c1C. The van der Waals surface area contributed by atoms with Crippen molar-refractivity contribution in [3.05, 3.63) is 22.8 Å². The lowest BCUT2D eigenvalue weighted by Crippen LogP contribution is -1.95. The first-order chi connectivity index (χ1) is 7.11. The van der Waals surface area contributed by atoms with Crippen LogP contribution >= 0.6 is 11.8 Å². The van der Waals surface area contributed by atoms with Crippen LogP contribution in [0.5, 0.6) is 5.75 Å². The fourth-order valence-electron chi connectivity index (χ4n) is 1.60. The second-order valence-electron chi connectivity index (χ2n) is 3.42. The van der Waals surface area contributed by atoms with E-state index in [1.54, 1.807) is 18.9 Å². The van der Waals surface area contributed by atoms with Crippen molar-refractivity contribution in [2.24, 2.45) is 0 Å². The Hall–Kier alpha value is -1.14. The summed E-state index contributed by atoms with van der Waals surface area (Å²) < 4.78 is 5.34. The average Bonchev–Trinajstić information content (AvgIpc) is 2.22. The molecule has 0 fully saturated rings. The summed E-state index contributed by atoms with van der Waals surface area (Å²) in [6.45, 7) is 6.15. The van der Waals surface area contributed by atoms with Gasteiger partial charge in [-0.05, 0) is 43.5 Å². The van der Waals surface area contributed by atoms with Crippen molar-refractivity contribution in [2.75, 3.05) is 12.9 Å². The Kier molecular flexibility index (Phi) is 4.05. The van der Waals surface area contributed by atoms with Crippen molar-refractivity contribution < 1.29 is 4.74 Å². The van der Waals surface area contributed by atoms with E-state index in [0.717, 1.165) is 16.9 Å². The van der Waals surface area contributed by atoms with Crippen LogP contribution in [-0.2, 0) is 0 Å². The first-order valence-corrected chi connectivity index (χ1v) is 5.75. The molecule has 0 unspecified atom stereocenters. The highest BCUT2D eigenvalue weighted by Gasteiger charge is 2.10. The van der Waals surface area contributed by atoms with E-state index in [-0.39, 0.29) is 0 Å². The molecule has 3 heteroatoms. The number of benzene rings is 1. The van der Waals surface area contributed by atoms with E-state index in [0.29, 0.717) is 5.75 Å². The molecule has 0 aliphatic carbocycles. The summed E-state index contributed by atoms with van der Waals surface area (Å²) in [6, 6.07) is 4.23. The second-order valence-corrected chi connectivity index (χ2v) is 4.44. The van der Waals surface area contributed by atoms with Gasteiger partial charge >= 0.3 is 0 Å². The van der Waals surface area contributed by atoms with Crippen LogP contribution in [0.3, 0.4) is 0 Å². The summed E-state index contributed by atoms with van der Waals surface area (Å²) in [5.74, 6) is 1.44. The molecule has 0 aliphatic heterocycles. The molecule has 0 spiro atoms. The molecule has 0 saturated carbocycles. The highest BCUT2D eigenvalue weighted by Crippen LogP contribution is 2.33. The maximum atomic E-state index is 8.56.